The van der Waals surface area contributed by atoms with Gasteiger partial charge >= 0.3 is 0 Å². The van der Waals surface area contributed by atoms with Crippen LogP contribution in [0.15, 0.2) is 47.8 Å². The molecule has 29 heavy (non-hydrogen) atoms. The van der Waals surface area contributed by atoms with Crippen molar-refractivity contribution in [2.24, 2.45) is 0 Å². The van der Waals surface area contributed by atoms with Gasteiger partial charge in [0.2, 0.25) is 0 Å². The van der Waals surface area contributed by atoms with Crippen LogP contribution in [0.5, 0.6) is 5.75 Å². The number of benzene rings is 2. The molecule has 0 saturated heterocycles. The summed E-state index contributed by atoms with van der Waals surface area (Å²) < 4.78 is 5.91. The Kier molecular flexibility index (Phi) is 7.04. The fourth-order valence-corrected chi connectivity index (χ4v) is 3.94. The van der Waals surface area contributed by atoms with E-state index in [4.69, 9.17) is 4.74 Å². The molecular weight excluding hydrogens is 380 g/mol. The van der Waals surface area contributed by atoms with Crippen LogP contribution in [0.2, 0.25) is 0 Å². The molecule has 1 aromatic heterocycles. The first-order chi connectivity index (χ1) is 13.9. The van der Waals surface area contributed by atoms with Crippen molar-refractivity contribution in [2.45, 2.75) is 47.3 Å². The van der Waals surface area contributed by atoms with Gasteiger partial charge in [-0.2, -0.15) is 0 Å². The highest BCUT2D eigenvalue weighted by atomic mass is 32.1. The maximum Gasteiger partial charge on any atom is 0.254 e. The number of amides is 1. The smallest absolute Gasteiger partial charge is 0.254 e. The van der Waals surface area contributed by atoms with E-state index in [0.717, 1.165) is 34.0 Å². The molecule has 0 aliphatic heterocycles. The number of ether oxygens (including phenoxy) is 1. The Morgan fingerprint density at radius 1 is 1.03 bits per heavy atom. The van der Waals surface area contributed by atoms with Gasteiger partial charge in [-0.1, -0.05) is 30.7 Å². The molecule has 0 unspecified atom stereocenters. The van der Waals surface area contributed by atoms with Crippen LogP contribution >= 0.6 is 11.3 Å². The molecule has 0 aliphatic carbocycles. The first-order valence-electron chi connectivity index (χ1n) is 9.95. The van der Waals surface area contributed by atoms with Gasteiger partial charge in [-0.05, 0) is 62.6 Å². The Balaban J connectivity index is 1.64. The maximum atomic E-state index is 12.9. The maximum absolute atomic E-state index is 12.9. The monoisotopic (exact) mass is 408 g/mol. The van der Waals surface area contributed by atoms with Gasteiger partial charge in [0.15, 0.2) is 0 Å². The summed E-state index contributed by atoms with van der Waals surface area (Å²) in [6, 6.07) is 13.9. The second kappa shape index (κ2) is 9.70. The SMILES string of the molecule is CCCN(Cc1csc(COc2cc(C)cc(C)c2)n1)C(=O)c1ccc(C)cc1. The molecule has 3 aromatic rings. The molecule has 1 amide bonds. The zero-order valence-corrected chi connectivity index (χ0v) is 18.4. The minimum Gasteiger partial charge on any atom is -0.486 e. The van der Waals surface area contributed by atoms with E-state index < -0.39 is 0 Å². The molecule has 0 radical (unpaired) electrons. The van der Waals surface area contributed by atoms with Crippen LogP contribution in [-0.4, -0.2) is 22.3 Å². The van der Waals surface area contributed by atoms with Crippen LogP contribution < -0.4 is 4.74 Å². The Bertz CT molecular complexity index is 943. The fourth-order valence-electron chi connectivity index (χ4n) is 3.25. The number of hydrogen-bond donors (Lipinski definition) is 0. The summed E-state index contributed by atoms with van der Waals surface area (Å²) in [7, 11) is 0. The Hall–Kier alpha value is -2.66. The van der Waals surface area contributed by atoms with Crippen LogP contribution in [0.3, 0.4) is 0 Å². The van der Waals surface area contributed by atoms with Gasteiger partial charge < -0.3 is 9.64 Å². The predicted octanol–water partition coefficient (Wildman–Crippen LogP) is 5.70. The second-order valence-electron chi connectivity index (χ2n) is 7.44. The summed E-state index contributed by atoms with van der Waals surface area (Å²) in [6.07, 6.45) is 0.907. The van der Waals surface area contributed by atoms with Crippen LogP contribution in [0.1, 0.15) is 51.1 Å². The molecule has 152 valence electrons. The molecule has 0 spiro atoms. The van der Waals surface area contributed by atoms with Gasteiger partial charge in [-0.15, -0.1) is 11.3 Å². The molecule has 4 nitrogen and oxygen atoms in total. The van der Waals surface area contributed by atoms with Gasteiger partial charge in [-0.25, -0.2) is 4.98 Å². The summed E-state index contributed by atoms with van der Waals surface area (Å²) in [5.74, 6) is 0.911. The van der Waals surface area contributed by atoms with Crippen molar-refractivity contribution < 1.29 is 9.53 Å². The zero-order valence-electron chi connectivity index (χ0n) is 17.6. The number of aromatic nitrogens is 1. The molecule has 1 heterocycles. The average molecular weight is 409 g/mol. The van der Waals surface area contributed by atoms with Crippen molar-refractivity contribution in [3.8, 4) is 5.75 Å². The first kappa shape index (κ1) is 21.1. The normalized spacial score (nSPS) is 10.8. The minimum atomic E-state index is 0.0490. The lowest BCUT2D eigenvalue weighted by atomic mass is 10.1. The number of nitrogens with zero attached hydrogens (tertiary/aromatic N) is 2. The highest BCUT2D eigenvalue weighted by molar-refractivity contribution is 7.09. The van der Waals surface area contributed by atoms with Crippen LogP contribution in [0, 0.1) is 20.8 Å². The average Bonchev–Trinajstić information content (AvgIpc) is 3.13. The van der Waals surface area contributed by atoms with Crippen molar-refractivity contribution >= 4 is 17.2 Å². The lowest BCUT2D eigenvalue weighted by Gasteiger charge is -2.21. The molecule has 3 rings (SSSR count). The standard InChI is InChI=1S/C24H28N2O2S/c1-5-10-26(24(27)20-8-6-17(2)7-9-20)14-21-16-29-23(25-21)15-28-22-12-18(3)11-19(4)13-22/h6-9,11-13,16H,5,10,14-15H2,1-4H3. The second-order valence-corrected chi connectivity index (χ2v) is 8.38. The predicted molar refractivity (Wildman–Crippen MR) is 119 cm³/mol. The van der Waals surface area contributed by atoms with Gasteiger partial charge in [0.25, 0.3) is 5.91 Å². The number of rotatable bonds is 8. The summed E-state index contributed by atoms with van der Waals surface area (Å²) >= 11 is 1.57. The van der Waals surface area contributed by atoms with Crippen LogP contribution in [0.25, 0.3) is 0 Å². The number of aryl methyl sites for hydroxylation is 3. The quantitative estimate of drug-likeness (QED) is 0.480. The van der Waals surface area contributed by atoms with Gasteiger partial charge in [-0.3, -0.25) is 4.79 Å². The van der Waals surface area contributed by atoms with E-state index in [2.05, 4.69) is 31.8 Å². The van der Waals surface area contributed by atoms with E-state index in [0.29, 0.717) is 19.7 Å². The highest BCUT2D eigenvalue weighted by Gasteiger charge is 2.17. The molecule has 0 aliphatic rings. The Labute approximate surface area is 177 Å². The molecular formula is C24H28N2O2S. The molecule has 0 N–H and O–H groups in total. The third kappa shape index (κ3) is 5.91. The van der Waals surface area contributed by atoms with E-state index >= 15 is 0 Å². The van der Waals surface area contributed by atoms with Crippen LogP contribution in [-0.2, 0) is 13.2 Å². The zero-order chi connectivity index (χ0) is 20.8. The Morgan fingerprint density at radius 3 is 2.38 bits per heavy atom. The van der Waals surface area contributed by atoms with Crippen LogP contribution in [0.4, 0.5) is 0 Å². The van der Waals surface area contributed by atoms with E-state index in [1.165, 1.54) is 11.1 Å². The van der Waals surface area contributed by atoms with Gasteiger partial charge in [0.05, 0.1) is 12.2 Å². The first-order valence-corrected chi connectivity index (χ1v) is 10.8. The van der Waals surface area contributed by atoms with Crippen molar-refractivity contribution in [1.29, 1.82) is 0 Å². The van der Waals surface area contributed by atoms with Gasteiger partial charge in [0.1, 0.15) is 17.4 Å². The van der Waals surface area contributed by atoms with Crippen molar-refractivity contribution in [3.05, 3.63) is 80.8 Å². The lowest BCUT2D eigenvalue weighted by Crippen LogP contribution is -2.31. The van der Waals surface area contributed by atoms with Crippen molar-refractivity contribution in [3.63, 3.8) is 0 Å². The Morgan fingerprint density at radius 2 is 1.72 bits per heavy atom. The molecule has 0 fully saturated rings. The number of carbonyl (C=O) groups excluding carboxylic acids is 1. The topological polar surface area (TPSA) is 42.4 Å². The van der Waals surface area contributed by atoms with E-state index in [9.17, 15) is 4.79 Å². The summed E-state index contributed by atoms with van der Waals surface area (Å²) in [6.45, 7) is 9.89. The summed E-state index contributed by atoms with van der Waals surface area (Å²) in [4.78, 5) is 19.5. The van der Waals surface area contributed by atoms with E-state index in [1.54, 1.807) is 11.3 Å². The summed E-state index contributed by atoms with van der Waals surface area (Å²) in [5.41, 5.74) is 5.14. The lowest BCUT2D eigenvalue weighted by molar-refractivity contribution is 0.0741. The highest BCUT2D eigenvalue weighted by Crippen LogP contribution is 2.20. The fraction of sp³-hybridized carbons (Fsp3) is 0.333. The molecule has 2 aromatic carbocycles. The number of thiazole rings is 1. The van der Waals surface area contributed by atoms with Crippen molar-refractivity contribution in [1.82, 2.24) is 9.88 Å². The number of carbonyl (C=O) groups is 1. The summed E-state index contributed by atoms with van der Waals surface area (Å²) in [5, 5.41) is 2.93. The minimum absolute atomic E-state index is 0.0490. The molecule has 5 heteroatoms. The largest absolute Gasteiger partial charge is 0.486 e. The third-order valence-corrected chi connectivity index (χ3v) is 5.46. The molecule has 0 saturated carbocycles. The van der Waals surface area contributed by atoms with E-state index in [-0.39, 0.29) is 5.91 Å². The number of hydrogen-bond acceptors (Lipinski definition) is 4. The van der Waals surface area contributed by atoms with Gasteiger partial charge in [0, 0.05) is 17.5 Å². The van der Waals surface area contributed by atoms with E-state index in [1.807, 2.05) is 53.6 Å². The van der Waals surface area contributed by atoms with Crippen molar-refractivity contribution in [2.75, 3.05) is 6.54 Å². The third-order valence-electron chi connectivity index (χ3n) is 4.59. The molecule has 0 atom stereocenters. The molecule has 0 bridgehead atoms.